The summed E-state index contributed by atoms with van der Waals surface area (Å²) in [5.41, 5.74) is 0.449. The van der Waals surface area contributed by atoms with Gasteiger partial charge in [-0.05, 0) is 17.9 Å². The van der Waals surface area contributed by atoms with Crippen molar-refractivity contribution in [2.24, 2.45) is 11.8 Å². The van der Waals surface area contributed by atoms with Crippen molar-refractivity contribution in [3.63, 3.8) is 0 Å². The lowest BCUT2D eigenvalue weighted by atomic mass is 9.93. The van der Waals surface area contributed by atoms with E-state index in [1.807, 2.05) is 0 Å². The largest absolute Gasteiger partial charge is 0.311 e. The Hall–Kier alpha value is -1.00. The van der Waals surface area contributed by atoms with Crippen molar-refractivity contribution in [3.8, 4) is 0 Å². The third-order valence-electron chi connectivity index (χ3n) is 4.47. The van der Waals surface area contributed by atoms with Crippen molar-refractivity contribution < 1.29 is 8.78 Å². The SMILES string of the molecule is CC(C)C1CN(Cc2cccc(F)c2F)C(C(C)C)CN1. The quantitative estimate of drug-likeness (QED) is 0.916. The molecular weight excluding hydrogens is 270 g/mol. The van der Waals surface area contributed by atoms with Crippen molar-refractivity contribution in [3.05, 3.63) is 35.4 Å². The maximum Gasteiger partial charge on any atom is 0.163 e. The molecule has 0 bridgehead atoms. The number of nitrogens with zero attached hydrogens (tertiary/aromatic N) is 1. The standard InChI is InChI=1S/C17H26F2N2/c1-11(2)15-10-21(16(8-20-15)12(3)4)9-13-6-5-7-14(18)17(13)19/h5-7,11-12,15-16,20H,8-10H2,1-4H3. The Morgan fingerprint density at radius 3 is 2.52 bits per heavy atom. The highest BCUT2D eigenvalue weighted by molar-refractivity contribution is 5.19. The lowest BCUT2D eigenvalue weighted by Gasteiger charge is -2.43. The van der Waals surface area contributed by atoms with Gasteiger partial charge in [-0.15, -0.1) is 0 Å². The second-order valence-corrected chi connectivity index (χ2v) is 6.71. The Balaban J connectivity index is 2.18. The van der Waals surface area contributed by atoms with Crippen molar-refractivity contribution in [1.82, 2.24) is 10.2 Å². The lowest BCUT2D eigenvalue weighted by Crippen LogP contribution is -2.59. The van der Waals surface area contributed by atoms with Crippen LogP contribution < -0.4 is 5.32 Å². The molecule has 0 aliphatic carbocycles. The van der Waals surface area contributed by atoms with Gasteiger partial charge in [-0.1, -0.05) is 39.8 Å². The number of halogens is 2. The fraction of sp³-hybridized carbons (Fsp3) is 0.647. The molecule has 0 aromatic heterocycles. The minimum atomic E-state index is -0.760. The zero-order valence-electron chi connectivity index (χ0n) is 13.4. The van der Waals surface area contributed by atoms with E-state index in [9.17, 15) is 8.78 Å². The molecule has 1 aliphatic rings. The van der Waals surface area contributed by atoms with E-state index in [1.54, 1.807) is 12.1 Å². The zero-order valence-corrected chi connectivity index (χ0v) is 13.4. The summed E-state index contributed by atoms with van der Waals surface area (Å²) >= 11 is 0. The summed E-state index contributed by atoms with van der Waals surface area (Å²) < 4.78 is 27.3. The predicted octanol–water partition coefficient (Wildman–Crippen LogP) is 3.42. The van der Waals surface area contributed by atoms with Gasteiger partial charge in [0, 0.05) is 37.3 Å². The molecule has 2 unspecified atom stereocenters. The van der Waals surface area contributed by atoms with E-state index < -0.39 is 11.6 Å². The first kappa shape index (κ1) is 16.4. The highest BCUT2D eigenvalue weighted by Gasteiger charge is 2.31. The first-order chi connectivity index (χ1) is 9.90. The van der Waals surface area contributed by atoms with Crippen LogP contribution in [0.3, 0.4) is 0 Å². The van der Waals surface area contributed by atoms with Crippen molar-refractivity contribution >= 4 is 0 Å². The third kappa shape index (κ3) is 3.80. The van der Waals surface area contributed by atoms with Crippen molar-refractivity contribution in [2.75, 3.05) is 13.1 Å². The highest BCUT2D eigenvalue weighted by atomic mass is 19.2. The maximum absolute atomic E-state index is 13.9. The molecule has 2 rings (SSSR count). The fourth-order valence-electron chi connectivity index (χ4n) is 3.03. The smallest absolute Gasteiger partial charge is 0.163 e. The molecule has 1 saturated heterocycles. The average molecular weight is 296 g/mol. The van der Waals surface area contributed by atoms with Gasteiger partial charge < -0.3 is 5.32 Å². The third-order valence-corrected chi connectivity index (χ3v) is 4.47. The summed E-state index contributed by atoms with van der Waals surface area (Å²) in [5.74, 6) is -0.469. The Kier molecular flexibility index (Phi) is 5.33. The second-order valence-electron chi connectivity index (χ2n) is 6.71. The number of nitrogens with one attached hydrogen (secondary N) is 1. The molecular formula is C17H26F2N2. The van der Waals surface area contributed by atoms with E-state index >= 15 is 0 Å². The number of benzene rings is 1. The number of rotatable bonds is 4. The van der Waals surface area contributed by atoms with Gasteiger partial charge in [0.15, 0.2) is 11.6 Å². The molecule has 0 amide bonds. The Labute approximate surface area is 126 Å². The summed E-state index contributed by atoms with van der Waals surface area (Å²) in [6.07, 6.45) is 0. The van der Waals surface area contributed by atoms with E-state index in [1.165, 1.54) is 6.07 Å². The van der Waals surface area contributed by atoms with Crippen LogP contribution in [0.4, 0.5) is 8.78 Å². The number of hydrogen-bond donors (Lipinski definition) is 1. The van der Waals surface area contributed by atoms with E-state index in [0.717, 1.165) is 13.1 Å². The topological polar surface area (TPSA) is 15.3 Å². The van der Waals surface area contributed by atoms with Crippen LogP contribution in [-0.4, -0.2) is 30.1 Å². The monoisotopic (exact) mass is 296 g/mol. The molecule has 1 aromatic rings. The second kappa shape index (κ2) is 6.84. The van der Waals surface area contributed by atoms with E-state index in [4.69, 9.17) is 0 Å². The van der Waals surface area contributed by atoms with E-state index in [-0.39, 0.29) is 0 Å². The highest BCUT2D eigenvalue weighted by Crippen LogP contribution is 2.22. The number of hydrogen-bond acceptors (Lipinski definition) is 2. The molecule has 4 heteroatoms. The van der Waals surface area contributed by atoms with E-state index in [0.29, 0.717) is 36.0 Å². The average Bonchev–Trinajstić information content (AvgIpc) is 2.43. The van der Waals surface area contributed by atoms with Crippen LogP contribution in [0.1, 0.15) is 33.3 Å². The van der Waals surface area contributed by atoms with E-state index in [2.05, 4.69) is 37.9 Å². The summed E-state index contributed by atoms with van der Waals surface area (Å²) in [6.45, 7) is 11.0. The van der Waals surface area contributed by atoms with Crippen LogP contribution >= 0.6 is 0 Å². The van der Waals surface area contributed by atoms with Crippen LogP contribution in [0, 0.1) is 23.5 Å². The van der Waals surface area contributed by atoms with Gasteiger partial charge in [-0.25, -0.2) is 8.78 Å². The molecule has 1 heterocycles. The molecule has 0 saturated carbocycles. The summed E-state index contributed by atoms with van der Waals surface area (Å²) in [5, 5.41) is 3.58. The van der Waals surface area contributed by atoms with Crippen molar-refractivity contribution in [1.29, 1.82) is 0 Å². The lowest BCUT2D eigenvalue weighted by molar-refractivity contribution is 0.0772. The van der Waals surface area contributed by atoms with Gasteiger partial charge >= 0.3 is 0 Å². The van der Waals surface area contributed by atoms with Gasteiger partial charge in [0.25, 0.3) is 0 Å². The zero-order chi connectivity index (χ0) is 15.6. The summed E-state index contributed by atoms with van der Waals surface area (Å²) in [7, 11) is 0. The Morgan fingerprint density at radius 2 is 1.90 bits per heavy atom. The summed E-state index contributed by atoms with van der Waals surface area (Å²) in [4.78, 5) is 2.30. The van der Waals surface area contributed by atoms with Crippen LogP contribution in [0.15, 0.2) is 18.2 Å². The summed E-state index contributed by atoms with van der Waals surface area (Å²) in [6, 6.07) is 5.19. The molecule has 1 N–H and O–H groups in total. The molecule has 0 radical (unpaired) electrons. The van der Waals surface area contributed by atoms with Gasteiger partial charge in [-0.2, -0.15) is 0 Å². The van der Waals surface area contributed by atoms with Gasteiger partial charge in [-0.3, -0.25) is 4.90 Å². The molecule has 1 aromatic carbocycles. The normalized spacial score (nSPS) is 24.0. The van der Waals surface area contributed by atoms with Gasteiger partial charge in [0.2, 0.25) is 0 Å². The fourth-order valence-corrected chi connectivity index (χ4v) is 3.03. The Bertz CT molecular complexity index is 474. The molecule has 21 heavy (non-hydrogen) atoms. The molecule has 1 aliphatic heterocycles. The van der Waals surface area contributed by atoms with Gasteiger partial charge in [0.05, 0.1) is 0 Å². The van der Waals surface area contributed by atoms with Crippen LogP contribution in [-0.2, 0) is 6.54 Å². The van der Waals surface area contributed by atoms with Gasteiger partial charge in [0.1, 0.15) is 0 Å². The number of piperazine rings is 1. The predicted molar refractivity (Wildman–Crippen MR) is 82.0 cm³/mol. The first-order valence-electron chi connectivity index (χ1n) is 7.80. The molecule has 1 fully saturated rings. The van der Waals surface area contributed by atoms with Crippen molar-refractivity contribution in [2.45, 2.75) is 46.3 Å². The van der Waals surface area contributed by atoms with Crippen LogP contribution in [0.25, 0.3) is 0 Å². The molecule has 2 atom stereocenters. The van der Waals surface area contributed by atoms with Crippen LogP contribution in [0.2, 0.25) is 0 Å². The minimum absolute atomic E-state index is 0.350. The molecule has 0 spiro atoms. The molecule has 2 nitrogen and oxygen atoms in total. The maximum atomic E-state index is 13.9. The van der Waals surface area contributed by atoms with Crippen LogP contribution in [0.5, 0.6) is 0 Å². The molecule has 118 valence electrons. The Morgan fingerprint density at radius 1 is 1.19 bits per heavy atom. The minimum Gasteiger partial charge on any atom is -0.311 e. The first-order valence-corrected chi connectivity index (χ1v) is 7.80.